The fourth-order valence-corrected chi connectivity index (χ4v) is 4.44. The number of hydrogen-bond donors (Lipinski definition) is 1. The highest BCUT2D eigenvalue weighted by Gasteiger charge is 2.30. The third kappa shape index (κ3) is 4.46. The Hall–Kier alpha value is -2.53. The van der Waals surface area contributed by atoms with Crippen LogP contribution in [0, 0.1) is 5.92 Å². The molecule has 5 nitrogen and oxygen atoms in total. The fraction of sp³-hybridized carbons (Fsp3) is 0.417. The second-order valence-electron chi connectivity index (χ2n) is 8.09. The Balaban J connectivity index is 1.58. The lowest BCUT2D eigenvalue weighted by molar-refractivity contribution is -0.139. The van der Waals surface area contributed by atoms with Crippen LogP contribution in [0.25, 0.3) is 0 Å². The van der Waals surface area contributed by atoms with Crippen LogP contribution in [-0.4, -0.2) is 22.8 Å². The first-order valence-corrected chi connectivity index (χ1v) is 11.1. The van der Waals surface area contributed by atoms with Gasteiger partial charge in [-0.15, -0.1) is 0 Å². The smallest absolute Gasteiger partial charge is 0.264 e. The summed E-state index contributed by atoms with van der Waals surface area (Å²) in [5, 5.41) is 3.69. The third-order valence-corrected chi connectivity index (χ3v) is 6.33. The van der Waals surface area contributed by atoms with E-state index in [9.17, 15) is 9.59 Å². The molecule has 1 fully saturated rings. The van der Waals surface area contributed by atoms with Crippen LogP contribution in [0.4, 0.5) is 5.69 Å². The van der Waals surface area contributed by atoms with Crippen molar-refractivity contribution in [2.75, 3.05) is 5.32 Å². The second-order valence-corrected chi connectivity index (χ2v) is 8.50. The van der Waals surface area contributed by atoms with Gasteiger partial charge in [-0.2, -0.15) is 0 Å². The summed E-state index contributed by atoms with van der Waals surface area (Å²) < 4.78 is 6.04. The first-order valence-electron chi connectivity index (χ1n) is 10.7. The van der Waals surface area contributed by atoms with Crippen LogP contribution in [-0.2, 0) is 22.7 Å². The summed E-state index contributed by atoms with van der Waals surface area (Å²) in [6.45, 7) is 2.76. The first-order chi connectivity index (χ1) is 14.5. The summed E-state index contributed by atoms with van der Waals surface area (Å²) in [6.07, 6.45) is 4.20. The van der Waals surface area contributed by atoms with Gasteiger partial charge in [-0.05, 0) is 49.1 Å². The highest BCUT2D eigenvalue weighted by molar-refractivity contribution is 6.31. The van der Waals surface area contributed by atoms with Crippen LogP contribution in [0.2, 0.25) is 5.02 Å². The molecule has 1 N–H and O–H groups in total. The highest BCUT2D eigenvalue weighted by atomic mass is 35.5. The van der Waals surface area contributed by atoms with Crippen LogP contribution in [0.5, 0.6) is 5.75 Å². The molecule has 0 saturated heterocycles. The van der Waals surface area contributed by atoms with E-state index in [-0.39, 0.29) is 17.7 Å². The minimum atomic E-state index is -0.535. The molecule has 2 aromatic carbocycles. The van der Waals surface area contributed by atoms with Crippen LogP contribution in [0.3, 0.4) is 0 Å². The summed E-state index contributed by atoms with van der Waals surface area (Å²) >= 11 is 6.33. The molecule has 0 unspecified atom stereocenters. The molecule has 2 aliphatic rings. The van der Waals surface area contributed by atoms with Crippen LogP contribution in [0.15, 0.2) is 42.5 Å². The molecule has 2 aromatic rings. The van der Waals surface area contributed by atoms with Gasteiger partial charge in [0.25, 0.3) is 5.91 Å². The summed E-state index contributed by atoms with van der Waals surface area (Å²) in [6, 6.07) is 13.2. The third-order valence-electron chi connectivity index (χ3n) is 5.96. The predicted octanol–water partition coefficient (Wildman–Crippen LogP) is 5.17. The first kappa shape index (κ1) is 20.7. The van der Waals surface area contributed by atoms with Crippen LogP contribution < -0.4 is 10.1 Å². The van der Waals surface area contributed by atoms with Crippen molar-refractivity contribution in [1.29, 1.82) is 0 Å². The Morgan fingerprint density at radius 2 is 1.97 bits per heavy atom. The molecule has 1 heterocycles. The number of carbonyl (C=O) groups excluding carboxylic acids is 2. The minimum Gasteiger partial charge on any atom is -0.480 e. The molecular weight excluding hydrogens is 400 g/mol. The van der Waals surface area contributed by atoms with E-state index in [1.165, 1.54) is 0 Å². The van der Waals surface area contributed by atoms with Gasteiger partial charge in [0.2, 0.25) is 5.91 Å². The van der Waals surface area contributed by atoms with E-state index < -0.39 is 6.10 Å². The molecule has 2 amide bonds. The number of anilines is 1. The van der Waals surface area contributed by atoms with Crippen molar-refractivity contribution in [3.63, 3.8) is 0 Å². The molecule has 158 valence electrons. The van der Waals surface area contributed by atoms with Crippen molar-refractivity contribution >= 4 is 29.1 Å². The van der Waals surface area contributed by atoms with Crippen molar-refractivity contribution in [3.05, 3.63) is 58.6 Å². The molecule has 1 atom stereocenters. The lowest BCUT2D eigenvalue weighted by atomic mass is 10.1. The van der Waals surface area contributed by atoms with Crippen LogP contribution >= 0.6 is 11.6 Å². The SMILES string of the molecule is CC[C@@H]1Oc2ccc(NC(=O)C3CCCC3)cc2CN(Cc2ccccc2Cl)C1=O. The Bertz CT molecular complexity index is 940. The van der Waals surface area contributed by atoms with Crippen molar-refractivity contribution in [2.45, 2.75) is 58.2 Å². The standard InChI is InChI=1S/C24H27ClN2O3/c1-2-21-24(29)27(14-17-9-5-6-10-20(17)25)15-18-13-19(11-12-22(18)30-21)26-23(28)16-7-3-4-8-16/h5-6,9-13,16,21H,2-4,7-8,14-15H2,1H3,(H,26,28)/t21-/m0/s1. The molecule has 0 bridgehead atoms. The molecule has 30 heavy (non-hydrogen) atoms. The molecule has 0 aromatic heterocycles. The number of nitrogens with zero attached hydrogens (tertiary/aromatic N) is 1. The molecule has 1 saturated carbocycles. The quantitative estimate of drug-likeness (QED) is 0.717. The molecule has 0 spiro atoms. The predicted molar refractivity (Wildman–Crippen MR) is 117 cm³/mol. The maximum atomic E-state index is 13.1. The number of amides is 2. The molecule has 1 aliphatic carbocycles. The van der Waals surface area contributed by atoms with Crippen LogP contribution in [0.1, 0.15) is 50.2 Å². The highest BCUT2D eigenvalue weighted by Crippen LogP contribution is 2.32. The van der Waals surface area contributed by atoms with Gasteiger partial charge in [-0.25, -0.2) is 0 Å². The Morgan fingerprint density at radius 1 is 1.20 bits per heavy atom. The minimum absolute atomic E-state index is 0.0508. The van der Waals surface area contributed by atoms with Gasteiger partial charge in [-0.3, -0.25) is 9.59 Å². The Kier molecular flexibility index (Phi) is 6.28. The number of hydrogen-bond acceptors (Lipinski definition) is 3. The monoisotopic (exact) mass is 426 g/mol. The number of carbonyl (C=O) groups is 2. The lowest BCUT2D eigenvalue weighted by Crippen LogP contribution is -2.38. The zero-order valence-electron chi connectivity index (χ0n) is 17.2. The van der Waals surface area contributed by atoms with E-state index in [1.807, 2.05) is 49.4 Å². The maximum absolute atomic E-state index is 13.1. The molecule has 4 rings (SSSR count). The van der Waals surface area contributed by atoms with Gasteiger partial charge in [-0.1, -0.05) is 49.6 Å². The van der Waals surface area contributed by atoms with E-state index in [2.05, 4.69) is 5.32 Å². The van der Waals surface area contributed by atoms with E-state index >= 15 is 0 Å². The van der Waals surface area contributed by atoms with Gasteiger partial charge >= 0.3 is 0 Å². The van der Waals surface area contributed by atoms with E-state index in [0.717, 1.165) is 42.5 Å². The van der Waals surface area contributed by atoms with E-state index in [1.54, 1.807) is 4.90 Å². The summed E-state index contributed by atoms with van der Waals surface area (Å²) in [7, 11) is 0. The Labute approximate surface area is 182 Å². The Morgan fingerprint density at radius 3 is 2.70 bits per heavy atom. The number of fused-ring (bicyclic) bond motifs is 1. The number of ether oxygens (including phenoxy) is 1. The van der Waals surface area contributed by atoms with Crippen molar-refractivity contribution in [2.24, 2.45) is 5.92 Å². The average Bonchev–Trinajstić information content (AvgIpc) is 3.25. The largest absolute Gasteiger partial charge is 0.480 e. The zero-order chi connectivity index (χ0) is 21.1. The topological polar surface area (TPSA) is 58.6 Å². The summed E-state index contributed by atoms with van der Waals surface area (Å²) in [5.74, 6) is 0.821. The zero-order valence-corrected chi connectivity index (χ0v) is 18.0. The second kappa shape index (κ2) is 9.09. The maximum Gasteiger partial charge on any atom is 0.264 e. The number of halogens is 1. The van der Waals surface area contributed by atoms with Crippen molar-refractivity contribution in [3.8, 4) is 5.75 Å². The summed E-state index contributed by atoms with van der Waals surface area (Å²) in [4.78, 5) is 27.4. The van der Waals surface area contributed by atoms with Gasteiger partial charge in [0.1, 0.15) is 5.75 Å². The molecule has 0 radical (unpaired) electrons. The van der Waals surface area contributed by atoms with Gasteiger partial charge < -0.3 is 15.0 Å². The molecule has 1 aliphatic heterocycles. The van der Waals surface area contributed by atoms with Gasteiger partial charge in [0, 0.05) is 35.3 Å². The average molecular weight is 427 g/mol. The number of benzene rings is 2. The molecule has 6 heteroatoms. The normalized spacial score (nSPS) is 19.2. The lowest BCUT2D eigenvalue weighted by Gasteiger charge is -2.23. The fourth-order valence-electron chi connectivity index (χ4n) is 4.24. The van der Waals surface area contributed by atoms with Crippen molar-refractivity contribution in [1.82, 2.24) is 4.90 Å². The summed E-state index contributed by atoms with van der Waals surface area (Å²) in [5.41, 5.74) is 2.53. The van der Waals surface area contributed by atoms with Gasteiger partial charge in [0.15, 0.2) is 6.10 Å². The number of nitrogens with one attached hydrogen (secondary N) is 1. The van der Waals surface area contributed by atoms with E-state index in [0.29, 0.717) is 30.3 Å². The van der Waals surface area contributed by atoms with Crippen molar-refractivity contribution < 1.29 is 14.3 Å². The molecular formula is C24H27ClN2O3. The van der Waals surface area contributed by atoms with Gasteiger partial charge in [0.05, 0.1) is 0 Å². The number of rotatable bonds is 5. The van der Waals surface area contributed by atoms with E-state index in [4.69, 9.17) is 16.3 Å².